The molecule has 0 saturated carbocycles. The number of rotatable bonds is 10. The van der Waals surface area contributed by atoms with Gasteiger partial charge in [0.25, 0.3) is 5.91 Å². The number of para-hydroxylation sites is 1. The molecule has 37 heavy (non-hydrogen) atoms. The third-order valence-electron chi connectivity index (χ3n) is 6.13. The smallest absolute Gasteiger partial charge is 0.265 e. The molecule has 4 aromatic carbocycles. The molecular weight excluding hydrogens is 460 g/mol. The third-order valence-corrected chi connectivity index (χ3v) is 6.13. The molecule has 0 bridgehead atoms. The Morgan fingerprint density at radius 3 is 2.00 bits per heavy atom. The van der Waals surface area contributed by atoms with Gasteiger partial charge < -0.3 is 14.5 Å². The molecule has 0 heterocycles. The molecule has 0 atom stereocenters. The van der Waals surface area contributed by atoms with E-state index in [9.17, 15) is 9.59 Å². The highest BCUT2D eigenvalue weighted by Gasteiger charge is 2.19. The number of carbonyl (C=O) groups is 2. The summed E-state index contributed by atoms with van der Waals surface area (Å²) in [7, 11) is 1.81. The molecule has 0 spiro atoms. The van der Waals surface area contributed by atoms with Gasteiger partial charge in [-0.25, -0.2) is 0 Å². The maximum absolute atomic E-state index is 13.4. The van der Waals surface area contributed by atoms with E-state index in [4.69, 9.17) is 4.74 Å². The van der Waals surface area contributed by atoms with Crippen molar-refractivity contribution in [1.29, 1.82) is 0 Å². The summed E-state index contributed by atoms with van der Waals surface area (Å²) in [4.78, 5) is 29.7. The minimum Gasteiger partial charge on any atom is -0.484 e. The van der Waals surface area contributed by atoms with E-state index in [0.717, 1.165) is 27.9 Å². The molecule has 4 aromatic rings. The number of benzene rings is 4. The second-order valence-corrected chi connectivity index (χ2v) is 9.15. The van der Waals surface area contributed by atoms with Crippen LogP contribution in [0.2, 0.25) is 0 Å². The first-order valence-corrected chi connectivity index (χ1v) is 12.4. The highest BCUT2D eigenvalue weighted by atomic mass is 16.5. The van der Waals surface area contributed by atoms with Crippen molar-refractivity contribution in [1.82, 2.24) is 4.90 Å². The largest absolute Gasteiger partial charge is 0.484 e. The van der Waals surface area contributed by atoms with Crippen molar-refractivity contribution < 1.29 is 14.3 Å². The number of amides is 2. The lowest BCUT2D eigenvalue weighted by atomic mass is 10.1. The number of likely N-dealkylation sites (N-methyl/N-ethyl adjacent to an activating group) is 1. The average Bonchev–Trinajstić information content (AvgIpc) is 2.92. The molecule has 0 aliphatic heterocycles. The van der Waals surface area contributed by atoms with Crippen LogP contribution in [0.5, 0.6) is 5.75 Å². The van der Waals surface area contributed by atoms with Gasteiger partial charge in [0.1, 0.15) is 5.75 Å². The highest BCUT2D eigenvalue weighted by molar-refractivity contribution is 5.94. The van der Waals surface area contributed by atoms with E-state index < -0.39 is 0 Å². The van der Waals surface area contributed by atoms with Crippen LogP contribution in [0.4, 0.5) is 5.69 Å². The predicted molar refractivity (Wildman–Crippen MR) is 147 cm³/mol. The fourth-order valence-electron chi connectivity index (χ4n) is 4.03. The van der Waals surface area contributed by atoms with Gasteiger partial charge >= 0.3 is 0 Å². The van der Waals surface area contributed by atoms with E-state index in [0.29, 0.717) is 18.8 Å². The Balaban J connectivity index is 1.50. The number of aryl methyl sites for hydroxylation is 1. The molecule has 0 radical (unpaired) electrons. The lowest BCUT2D eigenvalue weighted by Gasteiger charge is -2.24. The summed E-state index contributed by atoms with van der Waals surface area (Å²) in [6.07, 6.45) is 0.254. The number of nitrogens with zero attached hydrogens (tertiary/aromatic N) is 2. The quantitative estimate of drug-likeness (QED) is 0.281. The standard InChI is InChI=1S/C32H32N2O3/c1-25-16-18-27(19-17-25)23-34(32(36)24-37-30-14-7-4-8-15-30)29-13-9-12-28(20-29)21-31(35)33(2)22-26-10-5-3-6-11-26/h3-20H,21-24H2,1-2H3. The fourth-order valence-corrected chi connectivity index (χ4v) is 4.03. The van der Waals surface area contributed by atoms with Crippen molar-refractivity contribution in [2.24, 2.45) is 0 Å². The van der Waals surface area contributed by atoms with Gasteiger partial charge in [-0.3, -0.25) is 9.59 Å². The molecule has 0 fully saturated rings. The van der Waals surface area contributed by atoms with Crippen LogP contribution >= 0.6 is 0 Å². The van der Waals surface area contributed by atoms with Crippen LogP contribution in [-0.4, -0.2) is 30.4 Å². The van der Waals surface area contributed by atoms with Crippen LogP contribution < -0.4 is 9.64 Å². The minimum absolute atomic E-state index is 0.0184. The summed E-state index contributed by atoms with van der Waals surface area (Å²) in [6, 6.07) is 35.0. The Morgan fingerprint density at radius 2 is 1.30 bits per heavy atom. The molecule has 0 aliphatic carbocycles. The Bertz CT molecular complexity index is 1300. The van der Waals surface area contributed by atoms with E-state index in [-0.39, 0.29) is 24.8 Å². The van der Waals surface area contributed by atoms with Crippen molar-refractivity contribution in [3.63, 3.8) is 0 Å². The van der Waals surface area contributed by atoms with Crippen LogP contribution in [0.25, 0.3) is 0 Å². The molecule has 2 amide bonds. The van der Waals surface area contributed by atoms with Crippen molar-refractivity contribution >= 4 is 17.5 Å². The molecule has 188 valence electrons. The van der Waals surface area contributed by atoms with E-state index in [2.05, 4.69) is 0 Å². The molecule has 0 aliphatic rings. The lowest BCUT2D eigenvalue weighted by Crippen LogP contribution is -2.34. The number of hydrogen-bond donors (Lipinski definition) is 0. The summed E-state index contributed by atoms with van der Waals surface area (Å²) in [6.45, 7) is 2.91. The van der Waals surface area contributed by atoms with Gasteiger partial charge in [0.05, 0.1) is 13.0 Å². The fraction of sp³-hybridized carbons (Fsp3) is 0.188. The maximum Gasteiger partial charge on any atom is 0.265 e. The molecule has 0 N–H and O–H groups in total. The molecule has 0 saturated heterocycles. The first kappa shape index (κ1) is 25.7. The first-order chi connectivity index (χ1) is 18.0. The molecule has 0 aromatic heterocycles. The Labute approximate surface area is 218 Å². The predicted octanol–water partition coefficient (Wildman–Crippen LogP) is 5.81. The Kier molecular flexibility index (Phi) is 8.71. The van der Waals surface area contributed by atoms with Gasteiger partial charge in [0, 0.05) is 19.3 Å². The summed E-state index contributed by atoms with van der Waals surface area (Å²) >= 11 is 0. The van der Waals surface area contributed by atoms with E-state index >= 15 is 0 Å². The van der Waals surface area contributed by atoms with Crippen molar-refractivity contribution in [2.75, 3.05) is 18.6 Å². The van der Waals surface area contributed by atoms with Gasteiger partial charge in [0.2, 0.25) is 5.91 Å². The third kappa shape index (κ3) is 7.55. The monoisotopic (exact) mass is 492 g/mol. The van der Waals surface area contributed by atoms with Crippen LogP contribution in [0.3, 0.4) is 0 Å². The van der Waals surface area contributed by atoms with E-state index in [1.54, 1.807) is 9.80 Å². The van der Waals surface area contributed by atoms with Gasteiger partial charge in [0.15, 0.2) is 6.61 Å². The zero-order valence-electron chi connectivity index (χ0n) is 21.3. The second-order valence-electron chi connectivity index (χ2n) is 9.15. The number of anilines is 1. The van der Waals surface area contributed by atoms with Crippen LogP contribution in [-0.2, 0) is 29.1 Å². The summed E-state index contributed by atoms with van der Waals surface area (Å²) in [5.41, 5.74) is 4.85. The normalized spacial score (nSPS) is 10.5. The number of carbonyl (C=O) groups excluding carboxylic acids is 2. The summed E-state index contributed by atoms with van der Waals surface area (Å²) in [5, 5.41) is 0. The van der Waals surface area contributed by atoms with Crippen molar-refractivity contribution in [2.45, 2.75) is 26.4 Å². The maximum atomic E-state index is 13.4. The zero-order chi connectivity index (χ0) is 26.0. The van der Waals surface area contributed by atoms with Gasteiger partial charge in [-0.2, -0.15) is 0 Å². The Hall–Kier alpha value is -4.38. The van der Waals surface area contributed by atoms with Crippen molar-refractivity contribution in [3.8, 4) is 5.75 Å². The number of ether oxygens (including phenoxy) is 1. The van der Waals surface area contributed by atoms with Crippen LogP contribution in [0.15, 0.2) is 109 Å². The molecule has 5 nitrogen and oxygen atoms in total. The van der Waals surface area contributed by atoms with E-state index in [1.165, 1.54) is 0 Å². The molecular formula is C32H32N2O3. The second kappa shape index (κ2) is 12.5. The van der Waals surface area contributed by atoms with Gasteiger partial charge in [-0.1, -0.05) is 90.5 Å². The minimum atomic E-state index is -0.158. The first-order valence-electron chi connectivity index (χ1n) is 12.4. The van der Waals surface area contributed by atoms with Gasteiger partial charge in [-0.15, -0.1) is 0 Å². The summed E-state index contributed by atoms with van der Waals surface area (Å²) < 4.78 is 5.76. The lowest BCUT2D eigenvalue weighted by molar-refractivity contribution is -0.129. The molecule has 5 heteroatoms. The molecule has 4 rings (SSSR count). The topological polar surface area (TPSA) is 49.9 Å². The average molecular weight is 493 g/mol. The van der Waals surface area contributed by atoms with Gasteiger partial charge in [-0.05, 0) is 47.9 Å². The van der Waals surface area contributed by atoms with Crippen LogP contribution in [0.1, 0.15) is 22.3 Å². The highest BCUT2D eigenvalue weighted by Crippen LogP contribution is 2.21. The zero-order valence-corrected chi connectivity index (χ0v) is 21.3. The molecule has 0 unspecified atom stereocenters. The van der Waals surface area contributed by atoms with Crippen LogP contribution in [0, 0.1) is 6.92 Å². The number of hydrogen-bond acceptors (Lipinski definition) is 3. The summed E-state index contributed by atoms with van der Waals surface area (Å²) in [5.74, 6) is 0.505. The SMILES string of the molecule is Cc1ccc(CN(C(=O)COc2ccccc2)c2cccc(CC(=O)N(C)Cc3ccccc3)c2)cc1. The van der Waals surface area contributed by atoms with Crippen molar-refractivity contribution in [3.05, 3.63) is 131 Å². The Morgan fingerprint density at radius 1 is 0.676 bits per heavy atom. The van der Waals surface area contributed by atoms with E-state index in [1.807, 2.05) is 123 Å².